The predicted molar refractivity (Wildman–Crippen MR) is 128 cm³/mol. The number of nitrogens with one attached hydrogen (secondary N) is 1. The third-order valence-electron chi connectivity index (χ3n) is 5.81. The lowest BCUT2D eigenvalue weighted by molar-refractivity contribution is -0.127. The van der Waals surface area contributed by atoms with Crippen molar-refractivity contribution in [1.29, 1.82) is 0 Å². The normalized spacial score (nSPS) is 16.4. The van der Waals surface area contributed by atoms with Crippen LogP contribution in [0.3, 0.4) is 0 Å². The summed E-state index contributed by atoms with van der Waals surface area (Å²) in [6, 6.07) is 15.4. The first-order valence-electron chi connectivity index (χ1n) is 11.7. The van der Waals surface area contributed by atoms with Crippen molar-refractivity contribution >= 4 is 5.91 Å². The lowest BCUT2D eigenvalue weighted by atomic mass is 9.97. The molecule has 8 nitrogen and oxygen atoms in total. The van der Waals surface area contributed by atoms with Gasteiger partial charge in [-0.1, -0.05) is 17.3 Å². The van der Waals surface area contributed by atoms with Gasteiger partial charge >= 0.3 is 0 Å². The molecule has 4 rings (SSSR count). The molecule has 1 atom stereocenters. The molecule has 0 radical (unpaired) electrons. The van der Waals surface area contributed by atoms with E-state index in [2.05, 4.69) is 20.4 Å². The minimum absolute atomic E-state index is 0.0544. The summed E-state index contributed by atoms with van der Waals surface area (Å²) in [5, 5.41) is 7.18. The van der Waals surface area contributed by atoms with Gasteiger partial charge in [0.05, 0.1) is 25.7 Å². The standard InChI is InChI=1S/C26H32N4O4/c1-18(2)33-23-10-6-19(7-11-23)15-27-26(31)21-5-4-14-30(16-21)17-24-28-25(29-34-24)20-8-12-22(32-3)13-9-20/h6-13,18,21H,4-5,14-17H2,1-3H3,(H,27,31). The molecule has 180 valence electrons. The number of carbonyl (C=O) groups is 1. The van der Waals surface area contributed by atoms with Crippen LogP contribution in [0.25, 0.3) is 11.4 Å². The van der Waals surface area contributed by atoms with E-state index in [0.717, 1.165) is 42.0 Å². The van der Waals surface area contributed by atoms with Crippen molar-refractivity contribution in [3.63, 3.8) is 0 Å². The van der Waals surface area contributed by atoms with Crippen molar-refractivity contribution in [2.75, 3.05) is 20.2 Å². The largest absolute Gasteiger partial charge is 0.497 e. The van der Waals surface area contributed by atoms with Crippen LogP contribution in [0, 0.1) is 5.92 Å². The van der Waals surface area contributed by atoms with E-state index in [9.17, 15) is 4.79 Å². The van der Waals surface area contributed by atoms with Gasteiger partial charge in [0.2, 0.25) is 17.6 Å². The van der Waals surface area contributed by atoms with Gasteiger partial charge in [0.25, 0.3) is 0 Å². The molecule has 1 aromatic heterocycles. The quantitative estimate of drug-likeness (QED) is 0.511. The van der Waals surface area contributed by atoms with E-state index in [1.54, 1.807) is 7.11 Å². The van der Waals surface area contributed by atoms with Gasteiger partial charge in [-0.05, 0) is 75.2 Å². The number of rotatable bonds is 9. The third kappa shape index (κ3) is 6.35. The number of ether oxygens (including phenoxy) is 2. The summed E-state index contributed by atoms with van der Waals surface area (Å²) >= 11 is 0. The molecule has 3 aromatic rings. The molecule has 1 unspecified atom stereocenters. The number of amides is 1. The lowest BCUT2D eigenvalue weighted by Crippen LogP contribution is -2.42. The molecule has 1 N–H and O–H groups in total. The molecule has 0 saturated carbocycles. The van der Waals surface area contributed by atoms with Crippen LogP contribution in [-0.4, -0.2) is 47.3 Å². The van der Waals surface area contributed by atoms with Crippen LogP contribution in [0.2, 0.25) is 0 Å². The predicted octanol–water partition coefficient (Wildman–Crippen LogP) is 4.06. The summed E-state index contributed by atoms with van der Waals surface area (Å²) < 4.78 is 16.3. The summed E-state index contributed by atoms with van der Waals surface area (Å²) in [6.45, 7) is 6.62. The molecule has 1 aliphatic heterocycles. The maximum Gasteiger partial charge on any atom is 0.241 e. The summed E-state index contributed by atoms with van der Waals surface area (Å²) in [7, 11) is 1.63. The van der Waals surface area contributed by atoms with Crippen LogP contribution < -0.4 is 14.8 Å². The Balaban J connectivity index is 1.27. The van der Waals surface area contributed by atoms with Crippen LogP contribution >= 0.6 is 0 Å². The maximum atomic E-state index is 12.8. The Morgan fingerprint density at radius 3 is 2.59 bits per heavy atom. The van der Waals surface area contributed by atoms with E-state index >= 15 is 0 Å². The summed E-state index contributed by atoms with van der Waals surface area (Å²) in [4.78, 5) is 19.5. The van der Waals surface area contributed by atoms with Crippen molar-refractivity contribution in [1.82, 2.24) is 20.4 Å². The molecular weight excluding hydrogens is 432 g/mol. The molecule has 0 spiro atoms. The molecule has 2 aromatic carbocycles. The van der Waals surface area contributed by atoms with E-state index in [1.807, 2.05) is 62.4 Å². The Kier molecular flexibility index (Phi) is 7.80. The van der Waals surface area contributed by atoms with Gasteiger partial charge in [-0.25, -0.2) is 0 Å². The lowest BCUT2D eigenvalue weighted by Gasteiger charge is -2.30. The minimum atomic E-state index is -0.0544. The maximum absolute atomic E-state index is 12.8. The van der Waals surface area contributed by atoms with Crippen molar-refractivity contribution in [2.24, 2.45) is 5.92 Å². The van der Waals surface area contributed by atoms with E-state index in [-0.39, 0.29) is 17.9 Å². The monoisotopic (exact) mass is 464 g/mol. The van der Waals surface area contributed by atoms with Crippen LogP contribution in [0.15, 0.2) is 53.1 Å². The molecule has 0 bridgehead atoms. The second kappa shape index (κ2) is 11.2. The molecular formula is C26H32N4O4. The van der Waals surface area contributed by atoms with E-state index in [1.165, 1.54) is 0 Å². The molecule has 1 fully saturated rings. The zero-order valence-electron chi connectivity index (χ0n) is 20.0. The first-order chi connectivity index (χ1) is 16.5. The first kappa shape index (κ1) is 23.8. The molecule has 1 amide bonds. The Morgan fingerprint density at radius 1 is 1.15 bits per heavy atom. The van der Waals surface area contributed by atoms with Crippen LogP contribution in [0.4, 0.5) is 0 Å². The fraction of sp³-hybridized carbons (Fsp3) is 0.423. The average Bonchev–Trinajstić information content (AvgIpc) is 3.31. The Hall–Kier alpha value is -3.39. The number of carbonyl (C=O) groups excluding carboxylic acids is 1. The number of piperidine rings is 1. The highest BCUT2D eigenvalue weighted by Gasteiger charge is 2.26. The zero-order valence-corrected chi connectivity index (χ0v) is 20.0. The number of aromatic nitrogens is 2. The van der Waals surface area contributed by atoms with Gasteiger partial charge in [-0.15, -0.1) is 0 Å². The first-order valence-corrected chi connectivity index (χ1v) is 11.7. The van der Waals surface area contributed by atoms with Crippen LogP contribution in [0.1, 0.15) is 38.1 Å². The minimum Gasteiger partial charge on any atom is -0.497 e. The zero-order chi connectivity index (χ0) is 23.9. The summed E-state index contributed by atoms with van der Waals surface area (Å²) in [5.41, 5.74) is 1.92. The van der Waals surface area contributed by atoms with Crippen molar-refractivity contribution < 1.29 is 18.8 Å². The van der Waals surface area contributed by atoms with E-state index in [4.69, 9.17) is 14.0 Å². The number of nitrogens with zero attached hydrogens (tertiary/aromatic N) is 3. The molecule has 8 heteroatoms. The van der Waals surface area contributed by atoms with Gasteiger partial charge in [0.15, 0.2) is 0 Å². The molecule has 0 aliphatic carbocycles. The third-order valence-corrected chi connectivity index (χ3v) is 5.81. The number of hydrogen-bond donors (Lipinski definition) is 1. The molecule has 1 aliphatic rings. The number of likely N-dealkylation sites (tertiary alicyclic amines) is 1. The van der Waals surface area contributed by atoms with E-state index < -0.39 is 0 Å². The van der Waals surface area contributed by atoms with Gasteiger partial charge in [-0.3, -0.25) is 9.69 Å². The average molecular weight is 465 g/mol. The number of hydrogen-bond acceptors (Lipinski definition) is 7. The van der Waals surface area contributed by atoms with E-state index in [0.29, 0.717) is 31.3 Å². The van der Waals surface area contributed by atoms with Crippen molar-refractivity contribution in [3.05, 3.63) is 60.0 Å². The SMILES string of the molecule is COc1ccc(-c2noc(CN3CCCC(C(=O)NCc4ccc(OC(C)C)cc4)C3)n2)cc1. The van der Waals surface area contributed by atoms with Gasteiger partial charge in [0.1, 0.15) is 11.5 Å². The summed E-state index contributed by atoms with van der Waals surface area (Å²) in [5.74, 6) is 2.74. The molecule has 34 heavy (non-hydrogen) atoms. The van der Waals surface area contributed by atoms with Gasteiger partial charge in [-0.2, -0.15) is 4.98 Å². The highest BCUT2D eigenvalue weighted by molar-refractivity contribution is 5.79. The number of benzene rings is 2. The Labute approximate surface area is 200 Å². The Morgan fingerprint density at radius 2 is 1.88 bits per heavy atom. The van der Waals surface area contributed by atoms with Crippen LogP contribution in [-0.2, 0) is 17.9 Å². The molecule has 1 saturated heterocycles. The highest BCUT2D eigenvalue weighted by atomic mass is 16.5. The fourth-order valence-electron chi connectivity index (χ4n) is 4.07. The second-order valence-electron chi connectivity index (χ2n) is 8.84. The smallest absolute Gasteiger partial charge is 0.241 e. The van der Waals surface area contributed by atoms with Gasteiger partial charge < -0.3 is 19.3 Å². The fourth-order valence-corrected chi connectivity index (χ4v) is 4.07. The number of methoxy groups -OCH3 is 1. The second-order valence-corrected chi connectivity index (χ2v) is 8.84. The van der Waals surface area contributed by atoms with Crippen LogP contribution in [0.5, 0.6) is 11.5 Å². The topological polar surface area (TPSA) is 89.7 Å². The Bertz CT molecular complexity index is 1060. The van der Waals surface area contributed by atoms with Gasteiger partial charge in [0, 0.05) is 18.7 Å². The molecule has 2 heterocycles. The van der Waals surface area contributed by atoms with Crippen molar-refractivity contribution in [3.8, 4) is 22.9 Å². The highest BCUT2D eigenvalue weighted by Crippen LogP contribution is 2.22. The van der Waals surface area contributed by atoms with Crippen molar-refractivity contribution in [2.45, 2.75) is 45.9 Å². The summed E-state index contributed by atoms with van der Waals surface area (Å²) in [6.07, 6.45) is 1.98.